The lowest BCUT2D eigenvalue weighted by atomic mass is 10.2. The summed E-state index contributed by atoms with van der Waals surface area (Å²) in [6.07, 6.45) is -0.660. The summed E-state index contributed by atoms with van der Waals surface area (Å²) in [5.74, 6) is 0.375. The number of anilines is 1. The summed E-state index contributed by atoms with van der Waals surface area (Å²) in [6, 6.07) is 12.6. The summed E-state index contributed by atoms with van der Waals surface area (Å²) in [5.41, 5.74) is 2.41. The number of rotatable bonds is 4. The molecule has 0 radical (unpaired) electrons. The highest BCUT2D eigenvalue weighted by molar-refractivity contribution is 5.95. The van der Waals surface area contributed by atoms with Gasteiger partial charge in [0.05, 0.1) is 5.69 Å². The van der Waals surface area contributed by atoms with Crippen molar-refractivity contribution in [3.05, 3.63) is 53.6 Å². The van der Waals surface area contributed by atoms with E-state index in [0.29, 0.717) is 11.4 Å². The van der Waals surface area contributed by atoms with Gasteiger partial charge >= 0.3 is 0 Å². The molecule has 110 valence electrons. The first kappa shape index (κ1) is 14.9. The van der Waals surface area contributed by atoms with Crippen molar-refractivity contribution >= 4 is 11.6 Å². The second kappa shape index (κ2) is 6.31. The maximum Gasteiger partial charge on any atom is 0.265 e. The second-order valence-corrected chi connectivity index (χ2v) is 5.09. The molecule has 0 saturated heterocycles. The number of ether oxygens (including phenoxy) is 1. The number of phenolic OH excluding ortho intramolecular Hbond substituents is 1. The lowest BCUT2D eigenvalue weighted by Crippen LogP contribution is -2.30. The molecule has 0 aliphatic carbocycles. The van der Waals surface area contributed by atoms with Crippen molar-refractivity contribution in [1.82, 2.24) is 0 Å². The summed E-state index contributed by atoms with van der Waals surface area (Å²) in [4.78, 5) is 12.1. The van der Waals surface area contributed by atoms with Crippen LogP contribution in [0.2, 0.25) is 0 Å². The Kier molecular flexibility index (Phi) is 4.48. The van der Waals surface area contributed by atoms with Crippen LogP contribution in [0, 0.1) is 13.8 Å². The fourth-order valence-corrected chi connectivity index (χ4v) is 1.93. The van der Waals surface area contributed by atoms with Crippen LogP contribution in [0.5, 0.6) is 11.5 Å². The molecule has 2 rings (SSSR count). The predicted octanol–water partition coefficient (Wildman–Crippen LogP) is 3.42. The van der Waals surface area contributed by atoms with Crippen molar-refractivity contribution in [1.29, 1.82) is 0 Å². The molecule has 4 nitrogen and oxygen atoms in total. The Labute approximate surface area is 124 Å². The minimum absolute atomic E-state index is 0.0386. The van der Waals surface area contributed by atoms with Crippen LogP contribution in [0.4, 0.5) is 5.69 Å². The van der Waals surface area contributed by atoms with E-state index in [1.165, 1.54) is 0 Å². The molecule has 2 aromatic carbocycles. The van der Waals surface area contributed by atoms with Crippen LogP contribution in [0.3, 0.4) is 0 Å². The fourth-order valence-electron chi connectivity index (χ4n) is 1.93. The van der Waals surface area contributed by atoms with E-state index in [1.54, 1.807) is 31.2 Å². The normalized spacial score (nSPS) is 11.8. The summed E-state index contributed by atoms with van der Waals surface area (Å²) < 4.78 is 5.61. The molecule has 0 saturated carbocycles. The molecule has 1 atom stereocenters. The zero-order valence-electron chi connectivity index (χ0n) is 12.4. The summed E-state index contributed by atoms with van der Waals surface area (Å²) in [6.45, 7) is 5.52. The van der Waals surface area contributed by atoms with Gasteiger partial charge in [-0.05, 0) is 56.2 Å². The largest absolute Gasteiger partial charge is 0.506 e. The Bertz CT molecular complexity index is 652. The number of hydrogen-bond acceptors (Lipinski definition) is 3. The van der Waals surface area contributed by atoms with E-state index in [-0.39, 0.29) is 11.7 Å². The molecule has 0 aliphatic heterocycles. The highest BCUT2D eigenvalue weighted by Crippen LogP contribution is 2.24. The summed E-state index contributed by atoms with van der Waals surface area (Å²) in [5, 5.41) is 12.4. The molecule has 0 bridgehead atoms. The monoisotopic (exact) mass is 285 g/mol. The molecular formula is C17H19NO3. The van der Waals surface area contributed by atoms with Gasteiger partial charge in [0, 0.05) is 0 Å². The Hall–Kier alpha value is -2.49. The van der Waals surface area contributed by atoms with Gasteiger partial charge in [-0.1, -0.05) is 18.2 Å². The van der Waals surface area contributed by atoms with Crippen molar-refractivity contribution < 1.29 is 14.6 Å². The third-order valence-corrected chi connectivity index (χ3v) is 3.08. The highest BCUT2D eigenvalue weighted by Gasteiger charge is 2.16. The number of aromatic hydroxyl groups is 1. The molecule has 0 fully saturated rings. The first-order valence-corrected chi connectivity index (χ1v) is 6.79. The average molecular weight is 285 g/mol. The maximum atomic E-state index is 12.1. The number of benzene rings is 2. The third kappa shape index (κ3) is 3.99. The fraction of sp³-hybridized carbons (Fsp3) is 0.235. The molecule has 0 aromatic heterocycles. The zero-order chi connectivity index (χ0) is 15.4. The number of carbonyl (C=O) groups is 1. The van der Waals surface area contributed by atoms with Gasteiger partial charge in [-0.2, -0.15) is 0 Å². The molecule has 0 spiro atoms. The Morgan fingerprint density at radius 2 is 1.86 bits per heavy atom. The van der Waals surface area contributed by atoms with Gasteiger partial charge in [0.1, 0.15) is 11.5 Å². The average Bonchev–Trinajstić information content (AvgIpc) is 2.43. The van der Waals surface area contributed by atoms with Crippen LogP contribution < -0.4 is 10.1 Å². The van der Waals surface area contributed by atoms with Gasteiger partial charge in [-0.25, -0.2) is 0 Å². The quantitative estimate of drug-likeness (QED) is 0.846. The van der Waals surface area contributed by atoms with Gasteiger partial charge in [0.25, 0.3) is 5.91 Å². The van der Waals surface area contributed by atoms with Crippen molar-refractivity contribution in [2.75, 3.05) is 5.32 Å². The van der Waals surface area contributed by atoms with Crippen molar-refractivity contribution in [3.8, 4) is 11.5 Å². The van der Waals surface area contributed by atoms with Gasteiger partial charge in [-0.3, -0.25) is 4.79 Å². The van der Waals surface area contributed by atoms with Gasteiger partial charge < -0.3 is 15.2 Å². The van der Waals surface area contributed by atoms with Crippen molar-refractivity contribution in [2.45, 2.75) is 26.9 Å². The summed E-state index contributed by atoms with van der Waals surface area (Å²) >= 11 is 0. The van der Waals surface area contributed by atoms with Crippen LogP contribution in [-0.2, 0) is 4.79 Å². The van der Waals surface area contributed by atoms with Crippen LogP contribution in [0.1, 0.15) is 18.1 Å². The number of nitrogens with one attached hydrogen (secondary N) is 1. The first-order chi connectivity index (χ1) is 9.95. The first-order valence-electron chi connectivity index (χ1n) is 6.79. The molecule has 1 unspecified atom stereocenters. The molecule has 1 amide bonds. The number of carbonyl (C=O) groups excluding carboxylic acids is 1. The van der Waals surface area contributed by atoms with E-state index >= 15 is 0 Å². The topological polar surface area (TPSA) is 58.6 Å². The molecule has 0 aliphatic rings. The predicted molar refractivity (Wildman–Crippen MR) is 82.7 cm³/mol. The molecule has 21 heavy (non-hydrogen) atoms. The Balaban J connectivity index is 2.04. The SMILES string of the molecule is Cc1cccc(OC(C)C(=O)Nc2cc(C)ccc2O)c1. The molecule has 2 N–H and O–H groups in total. The molecular weight excluding hydrogens is 266 g/mol. The minimum Gasteiger partial charge on any atom is -0.506 e. The van der Waals surface area contributed by atoms with Gasteiger partial charge in [0.15, 0.2) is 6.10 Å². The molecule has 0 heterocycles. The van der Waals surface area contributed by atoms with Crippen LogP contribution in [-0.4, -0.2) is 17.1 Å². The number of aryl methyl sites for hydroxylation is 2. The van der Waals surface area contributed by atoms with Crippen molar-refractivity contribution in [2.24, 2.45) is 0 Å². The number of amides is 1. The van der Waals surface area contributed by atoms with Crippen molar-refractivity contribution in [3.63, 3.8) is 0 Å². The zero-order valence-corrected chi connectivity index (χ0v) is 12.4. The van der Waals surface area contributed by atoms with E-state index in [2.05, 4.69) is 5.32 Å². The standard InChI is InChI=1S/C17H19NO3/c1-11-5-4-6-14(9-11)21-13(3)17(20)18-15-10-12(2)7-8-16(15)19/h4-10,13,19H,1-3H3,(H,18,20). The summed E-state index contributed by atoms with van der Waals surface area (Å²) in [7, 11) is 0. The minimum atomic E-state index is -0.660. The Morgan fingerprint density at radius 3 is 2.57 bits per heavy atom. The van der Waals surface area contributed by atoms with Crippen LogP contribution >= 0.6 is 0 Å². The third-order valence-electron chi connectivity index (χ3n) is 3.08. The maximum absolute atomic E-state index is 12.1. The van der Waals surface area contributed by atoms with Gasteiger partial charge in [0.2, 0.25) is 0 Å². The van der Waals surface area contributed by atoms with Crippen LogP contribution in [0.25, 0.3) is 0 Å². The van der Waals surface area contributed by atoms with E-state index in [0.717, 1.165) is 11.1 Å². The second-order valence-electron chi connectivity index (χ2n) is 5.09. The number of phenols is 1. The lowest BCUT2D eigenvalue weighted by molar-refractivity contribution is -0.122. The Morgan fingerprint density at radius 1 is 1.14 bits per heavy atom. The van der Waals surface area contributed by atoms with E-state index in [4.69, 9.17) is 4.74 Å². The molecule has 2 aromatic rings. The molecule has 4 heteroatoms. The van der Waals surface area contributed by atoms with Crippen LogP contribution in [0.15, 0.2) is 42.5 Å². The van der Waals surface area contributed by atoms with E-state index < -0.39 is 6.10 Å². The smallest absolute Gasteiger partial charge is 0.265 e. The lowest BCUT2D eigenvalue weighted by Gasteiger charge is -2.16. The van der Waals surface area contributed by atoms with E-state index in [1.807, 2.05) is 32.0 Å². The highest BCUT2D eigenvalue weighted by atomic mass is 16.5. The van der Waals surface area contributed by atoms with Gasteiger partial charge in [-0.15, -0.1) is 0 Å². The number of hydrogen-bond donors (Lipinski definition) is 2. The van der Waals surface area contributed by atoms with E-state index in [9.17, 15) is 9.90 Å².